The topological polar surface area (TPSA) is 71.4 Å². The van der Waals surface area contributed by atoms with Crippen molar-refractivity contribution >= 4 is 26.8 Å². The van der Waals surface area contributed by atoms with E-state index in [-0.39, 0.29) is 12.5 Å². The average Bonchev–Trinajstić information content (AvgIpc) is 3.38. The lowest BCUT2D eigenvalue weighted by Gasteiger charge is -2.15. The van der Waals surface area contributed by atoms with Crippen molar-refractivity contribution in [3.63, 3.8) is 0 Å². The minimum atomic E-state index is -3.44. The van der Waals surface area contributed by atoms with Crippen LogP contribution in [0.1, 0.15) is 24.0 Å². The van der Waals surface area contributed by atoms with Crippen LogP contribution in [0.3, 0.4) is 0 Å². The van der Waals surface area contributed by atoms with E-state index in [9.17, 15) is 13.2 Å². The predicted molar refractivity (Wildman–Crippen MR) is 113 cm³/mol. The molecule has 7 heteroatoms. The number of aromatic nitrogens is 1. The summed E-state index contributed by atoms with van der Waals surface area (Å²) in [6.07, 6.45) is 3.65. The number of aryl methyl sites for hydroxylation is 1. The van der Waals surface area contributed by atoms with Crippen molar-refractivity contribution in [3.05, 3.63) is 65.9 Å². The minimum Gasteiger partial charge on any atom is -0.350 e. The Morgan fingerprint density at radius 1 is 1.07 bits per heavy atom. The van der Waals surface area contributed by atoms with Crippen molar-refractivity contribution in [3.8, 4) is 0 Å². The van der Waals surface area contributed by atoms with Crippen molar-refractivity contribution in [1.29, 1.82) is 0 Å². The summed E-state index contributed by atoms with van der Waals surface area (Å²) in [5, 5.41) is 3.77. The zero-order valence-corrected chi connectivity index (χ0v) is 17.3. The Morgan fingerprint density at radius 2 is 1.83 bits per heavy atom. The molecule has 3 aromatic rings. The van der Waals surface area contributed by atoms with Crippen LogP contribution in [0.4, 0.5) is 0 Å². The zero-order chi connectivity index (χ0) is 20.4. The van der Waals surface area contributed by atoms with E-state index >= 15 is 0 Å². The second-order valence-corrected chi connectivity index (χ2v) is 9.42. The molecule has 152 valence electrons. The van der Waals surface area contributed by atoms with E-state index in [1.807, 2.05) is 48.0 Å². The smallest absolute Gasteiger partial charge is 0.243 e. The maximum atomic E-state index is 12.8. The first-order chi connectivity index (χ1) is 13.9. The molecule has 1 aromatic heterocycles. The van der Waals surface area contributed by atoms with Gasteiger partial charge in [-0.05, 0) is 55.2 Å². The number of hydrogen-bond acceptors (Lipinski definition) is 3. The highest BCUT2D eigenvalue weighted by Crippen LogP contribution is 2.25. The standard InChI is InChI=1S/C22H25N3O3S/c1-17-6-2-3-7-19(17)15-23-22(26)16-24-13-10-18-14-20(8-9-21(18)24)29(27,28)25-11-4-5-12-25/h2-3,6-10,13-14H,4-5,11-12,15-16H2,1H3,(H,23,26). The van der Waals surface area contributed by atoms with Gasteiger partial charge >= 0.3 is 0 Å². The molecule has 2 aromatic carbocycles. The van der Waals surface area contributed by atoms with Gasteiger partial charge in [-0.1, -0.05) is 24.3 Å². The molecule has 1 aliphatic rings. The Kier molecular flexibility index (Phi) is 5.43. The molecule has 0 atom stereocenters. The molecule has 0 spiro atoms. The van der Waals surface area contributed by atoms with Crippen LogP contribution in [-0.2, 0) is 27.9 Å². The second kappa shape index (κ2) is 8.00. The maximum absolute atomic E-state index is 12.8. The van der Waals surface area contributed by atoms with Gasteiger partial charge in [0, 0.05) is 36.7 Å². The molecule has 0 saturated carbocycles. The second-order valence-electron chi connectivity index (χ2n) is 7.48. The summed E-state index contributed by atoms with van der Waals surface area (Å²) in [6.45, 7) is 3.87. The predicted octanol–water partition coefficient (Wildman–Crippen LogP) is 3.05. The van der Waals surface area contributed by atoms with Crippen LogP contribution in [0.15, 0.2) is 59.6 Å². The van der Waals surface area contributed by atoms with Crippen molar-refractivity contribution in [1.82, 2.24) is 14.2 Å². The fraction of sp³-hybridized carbons (Fsp3) is 0.318. The number of fused-ring (bicyclic) bond motifs is 1. The van der Waals surface area contributed by atoms with Crippen LogP contribution >= 0.6 is 0 Å². The highest BCUT2D eigenvalue weighted by atomic mass is 32.2. The van der Waals surface area contributed by atoms with Crippen LogP contribution in [0.2, 0.25) is 0 Å². The van der Waals surface area contributed by atoms with E-state index in [0.717, 1.165) is 34.9 Å². The molecule has 4 rings (SSSR count). The minimum absolute atomic E-state index is 0.0838. The first-order valence-electron chi connectivity index (χ1n) is 9.85. The molecule has 1 amide bonds. The normalized spacial score (nSPS) is 15.1. The van der Waals surface area contributed by atoms with Crippen LogP contribution < -0.4 is 5.32 Å². The van der Waals surface area contributed by atoms with Gasteiger partial charge in [0.25, 0.3) is 0 Å². The molecular weight excluding hydrogens is 386 g/mol. The molecular formula is C22H25N3O3S. The first-order valence-corrected chi connectivity index (χ1v) is 11.3. The lowest BCUT2D eigenvalue weighted by Crippen LogP contribution is -2.28. The number of amides is 1. The summed E-state index contributed by atoms with van der Waals surface area (Å²) < 4.78 is 28.9. The Balaban J connectivity index is 1.47. The van der Waals surface area contributed by atoms with Crippen molar-refractivity contribution in [2.75, 3.05) is 13.1 Å². The van der Waals surface area contributed by atoms with Gasteiger partial charge in [-0.3, -0.25) is 4.79 Å². The van der Waals surface area contributed by atoms with Gasteiger partial charge in [-0.15, -0.1) is 0 Å². The number of nitrogens with zero attached hydrogens (tertiary/aromatic N) is 2. The third-order valence-electron chi connectivity index (χ3n) is 5.50. The molecule has 0 aliphatic carbocycles. The number of carbonyl (C=O) groups is 1. The first kappa shape index (κ1) is 19.7. The van der Waals surface area contributed by atoms with Crippen LogP contribution in [0.25, 0.3) is 10.9 Å². The Labute approximate surface area is 171 Å². The van der Waals surface area contributed by atoms with Crippen molar-refractivity contribution in [2.24, 2.45) is 0 Å². The van der Waals surface area contributed by atoms with Gasteiger partial charge in [0.15, 0.2) is 0 Å². The number of sulfonamides is 1. The quantitative estimate of drug-likeness (QED) is 0.678. The van der Waals surface area contributed by atoms with Gasteiger partial charge in [-0.2, -0.15) is 4.31 Å². The van der Waals surface area contributed by atoms with Gasteiger partial charge < -0.3 is 9.88 Å². The van der Waals surface area contributed by atoms with Gasteiger partial charge in [0.05, 0.1) is 4.90 Å². The highest BCUT2D eigenvalue weighted by molar-refractivity contribution is 7.89. The van der Waals surface area contributed by atoms with Crippen LogP contribution in [0, 0.1) is 6.92 Å². The number of benzene rings is 2. The van der Waals surface area contributed by atoms with E-state index in [4.69, 9.17) is 0 Å². The van der Waals surface area contributed by atoms with E-state index in [1.165, 1.54) is 0 Å². The summed E-state index contributed by atoms with van der Waals surface area (Å²) in [5.74, 6) is -0.0838. The summed E-state index contributed by atoms with van der Waals surface area (Å²) in [4.78, 5) is 12.7. The van der Waals surface area contributed by atoms with Gasteiger partial charge in [0.1, 0.15) is 6.54 Å². The van der Waals surface area contributed by atoms with Crippen molar-refractivity contribution in [2.45, 2.75) is 37.8 Å². The molecule has 2 heterocycles. The number of hydrogen-bond donors (Lipinski definition) is 1. The molecule has 0 unspecified atom stereocenters. The monoisotopic (exact) mass is 411 g/mol. The van der Waals surface area contributed by atoms with Gasteiger partial charge in [-0.25, -0.2) is 8.42 Å². The Morgan fingerprint density at radius 3 is 2.59 bits per heavy atom. The molecule has 29 heavy (non-hydrogen) atoms. The van der Waals surface area contributed by atoms with E-state index < -0.39 is 10.0 Å². The Hall–Kier alpha value is -2.64. The van der Waals surface area contributed by atoms with E-state index in [1.54, 1.807) is 22.5 Å². The Bertz CT molecular complexity index is 1150. The maximum Gasteiger partial charge on any atom is 0.243 e. The molecule has 1 N–H and O–H groups in total. The molecule has 1 saturated heterocycles. The molecule has 1 fully saturated rings. The fourth-order valence-electron chi connectivity index (χ4n) is 3.77. The SMILES string of the molecule is Cc1ccccc1CNC(=O)Cn1ccc2cc(S(=O)(=O)N3CCCC3)ccc21. The van der Waals surface area contributed by atoms with E-state index in [0.29, 0.717) is 24.5 Å². The summed E-state index contributed by atoms with van der Waals surface area (Å²) >= 11 is 0. The number of nitrogens with one attached hydrogen (secondary N) is 1. The fourth-order valence-corrected chi connectivity index (χ4v) is 5.32. The molecule has 6 nitrogen and oxygen atoms in total. The summed E-state index contributed by atoms with van der Waals surface area (Å²) in [7, 11) is -3.44. The molecule has 1 aliphatic heterocycles. The third kappa shape index (κ3) is 4.06. The average molecular weight is 412 g/mol. The molecule has 0 radical (unpaired) electrons. The highest BCUT2D eigenvalue weighted by Gasteiger charge is 2.27. The van der Waals surface area contributed by atoms with E-state index in [2.05, 4.69) is 5.32 Å². The van der Waals surface area contributed by atoms with Crippen LogP contribution in [0.5, 0.6) is 0 Å². The lowest BCUT2D eigenvalue weighted by atomic mass is 10.1. The third-order valence-corrected chi connectivity index (χ3v) is 7.39. The van der Waals surface area contributed by atoms with Gasteiger partial charge in [0.2, 0.25) is 15.9 Å². The van der Waals surface area contributed by atoms with Crippen molar-refractivity contribution < 1.29 is 13.2 Å². The number of rotatable bonds is 6. The summed E-state index contributed by atoms with van der Waals surface area (Å²) in [5.41, 5.74) is 3.08. The van der Waals surface area contributed by atoms with Crippen LogP contribution in [-0.4, -0.2) is 36.3 Å². The number of carbonyl (C=O) groups excluding carboxylic acids is 1. The summed E-state index contributed by atoms with van der Waals surface area (Å²) in [6, 6.07) is 14.9. The molecule has 0 bridgehead atoms. The lowest BCUT2D eigenvalue weighted by molar-refractivity contribution is -0.121. The zero-order valence-electron chi connectivity index (χ0n) is 16.5. The largest absolute Gasteiger partial charge is 0.350 e.